The molecule has 6 heteroatoms. The average Bonchev–Trinajstić information content (AvgIpc) is 2.10. The first-order valence-electron chi connectivity index (χ1n) is 4.37. The van der Waals surface area contributed by atoms with Crippen molar-refractivity contribution in [3.05, 3.63) is 12.2 Å². The summed E-state index contributed by atoms with van der Waals surface area (Å²) in [6.45, 7) is 4.47. The van der Waals surface area contributed by atoms with Gasteiger partial charge in [-0.25, -0.2) is 9.18 Å². The summed E-state index contributed by atoms with van der Waals surface area (Å²) in [5.74, 6) is -2.20. The van der Waals surface area contributed by atoms with Crippen LogP contribution in [0.1, 0.15) is 13.3 Å². The zero-order valence-electron chi connectivity index (χ0n) is 8.13. The highest BCUT2D eigenvalue weighted by Crippen LogP contribution is 2.44. The molecule has 1 rings (SSSR count). The van der Waals surface area contributed by atoms with E-state index in [9.17, 15) is 18.0 Å². The van der Waals surface area contributed by atoms with Gasteiger partial charge in [-0.1, -0.05) is 6.58 Å². The largest absolute Gasteiger partial charge is 0.462 e. The summed E-state index contributed by atoms with van der Waals surface area (Å²) in [5, 5.41) is 0. The van der Waals surface area contributed by atoms with Crippen molar-refractivity contribution in [2.45, 2.75) is 25.8 Å². The summed E-state index contributed by atoms with van der Waals surface area (Å²) in [7, 11) is 0. The Bertz CT molecular complexity index is 278. The van der Waals surface area contributed by atoms with Crippen molar-refractivity contribution in [2.24, 2.45) is 5.92 Å². The minimum absolute atomic E-state index is 0.170. The van der Waals surface area contributed by atoms with E-state index >= 15 is 0 Å². The first-order chi connectivity index (χ1) is 6.84. The molecule has 0 amide bonds. The SMILES string of the molecule is C=C(C)C(=O)OCCC1C(F)OC1(F)F. The van der Waals surface area contributed by atoms with E-state index in [4.69, 9.17) is 0 Å². The summed E-state index contributed by atoms with van der Waals surface area (Å²) in [4.78, 5) is 10.8. The highest BCUT2D eigenvalue weighted by atomic mass is 19.3. The monoisotopic (exact) mass is 224 g/mol. The fourth-order valence-electron chi connectivity index (χ4n) is 1.10. The van der Waals surface area contributed by atoms with Crippen LogP contribution in [0.2, 0.25) is 0 Å². The van der Waals surface area contributed by atoms with Crippen molar-refractivity contribution in [1.82, 2.24) is 0 Å². The Morgan fingerprint density at radius 2 is 2.20 bits per heavy atom. The van der Waals surface area contributed by atoms with Crippen molar-refractivity contribution in [1.29, 1.82) is 0 Å². The van der Waals surface area contributed by atoms with Crippen LogP contribution >= 0.6 is 0 Å². The van der Waals surface area contributed by atoms with Gasteiger partial charge in [0.05, 0.1) is 6.61 Å². The molecule has 0 aliphatic carbocycles. The van der Waals surface area contributed by atoms with Gasteiger partial charge in [0.15, 0.2) is 0 Å². The molecule has 86 valence electrons. The van der Waals surface area contributed by atoms with E-state index in [1.54, 1.807) is 0 Å². The Balaban J connectivity index is 2.26. The van der Waals surface area contributed by atoms with E-state index in [1.807, 2.05) is 0 Å². The predicted molar refractivity (Wildman–Crippen MR) is 44.8 cm³/mol. The third kappa shape index (κ3) is 2.71. The van der Waals surface area contributed by atoms with Crippen molar-refractivity contribution in [3.63, 3.8) is 0 Å². The third-order valence-electron chi connectivity index (χ3n) is 2.03. The smallest absolute Gasteiger partial charge is 0.366 e. The highest BCUT2D eigenvalue weighted by Gasteiger charge is 2.58. The molecule has 0 radical (unpaired) electrons. The van der Waals surface area contributed by atoms with E-state index in [0.29, 0.717) is 0 Å². The Morgan fingerprint density at radius 1 is 1.60 bits per heavy atom. The molecule has 0 bridgehead atoms. The molecule has 1 fully saturated rings. The number of ether oxygens (including phenoxy) is 2. The van der Waals surface area contributed by atoms with Crippen molar-refractivity contribution >= 4 is 5.97 Å². The minimum atomic E-state index is -3.45. The van der Waals surface area contributed by atoms with E-state index in [-0.39, 0.29) is 18.6 Å². The molecule has 3 nitrogen and oxygen atoms in total. The number of hydrogen-bond acceptors (Lipinski definition) is 3. The second-order valence-corrected chi connectivity index (χ2v) is 3.34. The van der Waals surface area contributed by atoms with Crippen LogP contribution in [-0.2, 0) is 14.3 Å². The van der Waals surface area contributed by atoms with Crippen LogP contribution < -0.4 is 0 Å². The zero-order chi connectivity index (χ0) is 11.6. The molecule has 0 aromatic rings. The third-order valence-corrected chi connectivity index (χ3v) is 2.03. The molecule has 0 spiro atoms. The average molecular weight is 224 g/mol. The number of halogens is 3. The number of carbonyl (C=O) groups is 1. The molecule has 0 aromatic heterocycles. The van der Waals surface area contributed by atoms with Crippen molar-refractivity contribution in [2.75, 3.05) is 6.61 Å². The minimum Gasteiger partial charge on any atom is -0.462 e. The normalized spacial score (nSPS) is 28.0. The van der Waals surface area contributed by atoms with E-state index in [1.165, 1.54) is 6.92 Å². The number of hydrogen-bond donors (Lipinski definition) is 0. The summed E-state index contributed by atoms with van der Waals surface area (Å²) in [6.07, 6.45) is -5.70. The predicted octanol–water partition coefficient (Wildman–Crippen LogP) is 2.03. The second-order valence-electron chi connectivity index (χ2n) is 3.34. The van der Waals surface area contributed by atoms with Gasteiger partial charge in [0.25, 0.3) is 0 Å². The lowest BCUT2D eigenvalue weighted by Gasteiger charge is -2.38. The molecule has 2 atom stereocenters. The standard InChI is InChI=1S/C9H11F3O3/c1-5(2)8(13)14-4-3-6-7(10)15-9(6,11)12/h6-7H,1,3-4H2,2H3. The van der Waals surface area contributed by atoms with Gasteiger partial charge < -0.3 is 4.74 Å². The van der Waals surface area contributed by atoms with Gasteiger partial charge in [0.2, 0.25) is 6.36 Å². The van der Waals surface area contributed by atoms with Crippen LogP contribution in [0.4, 0.5) is 13.2 Å². The maximum Gasteiger partial charge on any atom is 0.366 e. The van der Waals surface area contributed by atoms with Gasteiger partial charge in [-0.3, -0.25) is 4.74 Å². The lowest BCUT2D eigenvalue weighted by atomic mass is 10.0. The molecule has 0 saturated carbocycles. The van der Waals surface area contributed by atoms with Crippen molar-refractivity contribution < 1.29 is 27.4 Å². The van der Waals surface area contributed by atoms with Crippen LogP contribution in [0, 0.1) is 5.92 Å². The molecule has 0 aromatic carbocycles. The molecule has 1 heterocycles. The number of carbonyl (C=O) groups excluding carboxylic acids is 1. The van der Waals surface area contributed by atoms with Gasteiger partial charge in [-0.15, -0.1) is 0 Å². The first-order valence-corrected chi connectivity index (χ1v) is 4.37. The summed E-state index contributed by atoms with van der Waals surface area (Å²) in [5.41, 5.74) is 0.170. The maximum atomic E-state index is 12.5. The topological polar surface area (TPSA) is 35.5 Å². The van der Waals surface area contributed by atoms with E-state index in [2.05, 4.69) is 16.1 Å². The summed E-state index contributed by atoms with van der Waals surface area (Å²) in [6, 6.07) is 0. The van der Waals surface area contributed by atoms with Gasteiger partial charge in [-0.05, 0) is 13.3 Å². The first kappa shape index (κ1) is 12.0. The maximum absolute atomic E-state index is 12.5. The van der Waals surface area contributed by atoms with Crippen molar-refractivity contribution in [3.8, 4) is 0 Å². The van der Waals surface area contributed by atoms with Gasteiger partial charge in [0, 0.05) is 5.57 Å². The van der Waals surface area contributed by atoms with Crippen LogP contribution in [0.25, 0.3) is 0 Å². The van der Waals surface area contributed by atoms with Crippen LogP contribution in [-0.4, -0.2) is 25.0 Å². The Kier molecular flexibility index (Phi) is 3.38. The molecule has 15 heavy (non-hydrogen) atoms. The second kappa shape index (κ2) is 4.22. The number of rotatable bonds is 4. The fraction of sp³-hybridized carbons (Fsp3) is 0.667. The summed E-state index contributed by atoms with van der Waals surface area (Å²) < 4.78 is 45.7. The Morgan fingerprint density at radius 3 is 2.60 bits per heavy atom. The molecule has 2 unspecified atom stereocenters. The molecule has 1 aliphatic rings. The fourth-order valence-corrected chi connectivity index (χ4v) is 1.10. The van der Waals surface area contributed by atoms with Crippen LogP contribution in [0.5, 0.6) is 0 Å². The molecular formula is C9H11F3O3. The Labute approximate surface area is 84.8 Å². The quantitative estimate of drug-likeness (QED) is 0.541. The van der Waals surface area contributed by atoms with Gasteiger partial charge in [-0.2, -0.15) is 8.78 Å². The molecular weight excluding hydrogens is 213 g/mol. The molecule has 0 N–H and O–H groups in total. The highest BCUT2D eigenvalue weighted by molar-refractivity contribution is 5.86. The van der Waals surface area contributed by atoms with E-state index < -0.39 is 24.4 Å². The molecule has 1 aliphatic heterocycles. The summed E-state index contributed by atoms with van der Waals surface area (Å²) >= 11 is 0. The Hall–Kier alpha value is -1.04. The lowest BCUT2D eigenvalue weighted by Crippen LogP contribution is -2.52. The van der Waals surface area contributed by atoms with Gasteiger partial charge in [0.1, 0.15) is 5.92 Å². The zero-order valence-corrected chi connectivity index (χ0v) is 8.13. The van der Waals surface area contributed by atoms with Crippen LogP contribution in [0.3, 0.4) is 0 Å². The molecule has 1 saturated heterocycles. The van der Waals surface area contributed by atoms with E-state index in [0.717, 1.165) is 0 Å². The van der Waals surface area contributed by atoms with Crippen LogP contribution in [0.15, 0.2) is 12.2 Å². The number of esters is 1. The lowest BCUT2D eigenvalue weighted by molar-refractivity contribution is -0.426. The van der Waals surface area contributed by atoms with Gasteiger partial charge >= 0.3 is 12.1 Å². The number of alkyl halides is 3.